The van der Waals surface area contributed by atoms with Gasteiger partial charge in [-0.05, 0) is 65.9 Å². The van der Waals surface area contributed by atoms with E-state index in [1.54, 1.807) is 0 Å². The molecule has 3 nitrogen and oxygen atoms in total. The maximum Gasteiger partial charge on any atom is 0.268 e. The second-order valence-electron chi connectivity index (χ2n) is 6.44. The monoisotopic (exact) mass is 322 g/mol. The summed E-state index contributed by atoms with van der Waals surface area (Å²) in [5.74, 6) is 1.73. The Morgan fingerprint density at radius 2 is 2.11 bits per heavy atom. The van der Waals surface area contributed by atoms with Gasteiger partial charge in [0.1, 0.15) is 5.69 Å². The third kappa shape index (κ3) is 2.14. The maximum atomic E-state index is 12.5. The van der Waals surface area contributed by atoms with Crippen LogP contribution in [0.2, 0.25) is 0 Å². The fourth-order valence-electron chi connectivity index (χ4n) is 3.95. The summed E-state index contributed by atoms with van der Waals surface area (Å²) in [5.41, 5.74) is 0.831. The molecule has 1 aromatic rings. The van der Waals surface area contributed by atoms with Gasteiger partial charge >= 0.3 is 0 Å². The van der Waals surface area contributed by atoms with Crippen molar-refractivity contribution < 1.29 is 4.79 Å². The van der Waals surface area contributed by atoms with Crippen LogP contribution in [0.25, 0.3) is 0 Å². The number of fused-ring (bicyclic) bond motifs is 2. The summed E-state index contributed by atoms with van der Waals surface area (Å²) in [4.78, 5) is 12.5. The first kappa shape index (κ1) is 12.0. The number of hydrogen-bond donors (Lipinski definition) is 1. The maximum absolute atomic E-state index is 12.5. The Labute approximate surface area is 121 Å². The molecule has 0 saturated heterocycles. The Morgan fingerprint density at radius 3 is 2.74 bits per heavy atom. The van der Waals surface area contributed by atoms with Gasteiger partial charge in [-0.2, -0.15) is 0 Å². The van der Waals surface area contributed by atoms with Crippen molar-refractivity contribution in [1.29, 1.82) is 0 Å². The second-order valence-corrected chi connectivity index (χ2v) is 7.35. The number of amides is 1. The van der Waals surface area contributed by atoms with Crippen LogP contribution in [-0.2, 0) is 0 Å². The third-order valence-electron chi connectivity index (χ3n) is 5.04. The zero-order valence-corrected chi connectivity index (χ0v) is 12.5. The zero-order chi connectivity index (χ0) is 13.0. The van der Waals surface area contributed by atoms with E-state index in [9.17, 15) is 4.79 Å². The van der Waals surface area contributed by atoms with E-state index >= 15 is 0 Å². The van der Waals surface area contributed by atoms with Gasteiger partial charge in [-0.3, -0.25) is 4.79 Å². The van der Waals surface area contributed by atoms with Crippen LogP contribution in [0.3, 0.4) is 0 Å². The first-order chi connectivity index (χ1) is 9.20. The van der Waals surface area contributed by atoms with Crippen molar-refractivity contribution in [2.75, 3.05) is 0 Å². The number of nitrogens with one attached hydrogen (secondary N) is 1. The molecule has 0 aromatic carbocycles. The van der Waals surface area contributed by atoms with Gasteiger partial charge in [0, 0.05) is 22.8 Å². The van der Waals surface area contributed by atoms with E-state index in [-0.39, 0.29) is 5.91 Å². The lowest BCUT2D eigenvalue weighted by atomic mass is 9.95. The van der Waals surface area contributed by atoms with E-state index in [1.165, 1.54) is 38.5 Å². The highest BCUT2D eigenvalue weighted by Crippen LogP contribution is 2.44. The molecular weight excluding hydrogens is 304 g/mol. The predicted octanol–water partition coefficient (Wildman–Crippen LogP) is 3.50. The molecule has 4 heteroatoms. The van der Waals surface area contributed by atoms with Crippen LogP contribution in [-0.4, -0.2) is 16.5 Å². The lowest BCUT2D eigenvalue weighted by Crippen LogP contribution is -2.39. The van der Waals surface area contributed by atoms with Gasteiger partial charge in [-0.25, -0.2) is 0 Å². The molecule has 2 bridgehead atoms. The lowest BCUT2D eigenvalue weighted by Gasteiger charge is -2.23. The third-order valence-corrected chi connectivity index (χ3v) is 5.48. The molecular formula is C15H19BrN2O. The lowest BCUT2D eigenvalue weighted by molar-refractivity contribution is 0.0913. The summed E-state index contributed by atoms with van der Waals surface area (Å²) in [6.45, 7) is 0. The Bertz CT molecular complexity index is 520. The van der Waals surface area contributed by atoms with Crippen molar-refractivity contribution in [3.8, 4) is 0 Å². The molecule has 3 aliphatic carbocycles. The Kier molecular flexibility index (Phi) is 2.76. The molecule has 1 N–H and O–H groups in total. The van der Waals surface area contributed by atoms with Gasteiger partial charge in [0.25, 0.3) is 5.91 Å². The van der Waals surface area contributed by atoms with Gasteiger partial charge in [0.15, 0.2) is 0 Å². The standard InChI is InChI=1S/C15H19BrN2O/c16-11-7-14(18(8-11)12-3-4-12)15(19)17-13-6-9-1-2-10(13)5-9/h7-10,12-13H,1-6H2,(H,17,19). The highest BCUT2D eigenvalue weighted by Gasteiger charge is 2.40. The molecule has 3 aliphatic rings. The van der Waals surface area contributed by atoms with Gasteiger partial charge in [-0.15, -0.1) is 0 Å². The van der Waals surface area contributed by atoms with Crippen molar-refractivity contribution in [1.82, 2.24) is 9.88 Å². The number of hydrogen-bond acceptors (Lipinski definition) is 1. The Balaban J connectivity index is 1.51. The van der Waals surface area contributed by atoms with E-state index in [2.05, 4.69) is 25.8 Å². The molecule has 0 spiro atoms. The summed E-state index contributed by atoms with van der Waals surface area (Å²) >= 11 is 3.49. The van der Waals surface area contributed by atoms with Crippen molar-refractivity contribution in [3.05, 3.63) is 22.4 Å². The van der Waals surface area contributed by atoms with Crippen molar-refractivity contribution in [2.24, 2.45) is 11.8 Å². The number of halogens is 1. The molecule has 3 unspecified atom stereocenters. The smallest absolute Gasteiger partial charge is 0.268 e. The first-order valence-corrected chi connectivity index (χ1v) is 8.18. The van der Waals surface area contributed by atoms with Crippen LogP contribution in [0.15, 0.2) is 16.7 Å². The summed E-state index contributed by atoms with van der Waals surface area (Å²) in [6.07, 6.45) is 9.67. The number of carbonyl (C=O) groups excluding carboxylic acids is 1. The SMILES string of the molecule is O=C(NC1CC2CCC1C2)c1cc(Br)cn1C1CC1. The van der Waals surface area contributed by atoms with E-state index in [0.29, 0.717) is 12.1 Å². The average Bonchev–Trinajstić information content (AvgIpc) is 2.83. The van der Waals surface area contributed by atoms with Gasteiger partial charge < -0.3 is 9.88 Å². The summed E-state index contributed by atoms with van der Waals surface area (Å²) in [6, 6.07) is 2.93. The minimum atomic E-state index is 0.121. The minimum Gasteiger partial charge on any atom is -0.348 e. The second kappa shape index (κ2) is 4.37. The van der Waals surface area contributed by atoms with Gasteiger partial charge in [0.05, 0.1) is 0 Å². The molecule has 1 amide bonds. The van der Waals surface area contributed by atoms with Gasteiger partial charge in [0.2, 0.25) is 0 Å². The van der Waals surface area contributed by atoms with E-state index < -0.39 is 0 Å². The topological polar surface area (TPSA) is 34.0 Å². The molecule has 4 rings (SSSR count). The quantitative estimate of drug-likeness (QED) is 0.907. The highest BCUT2D eigenvalue weighted by atomic mass is 79.9. The summed E-state index contributed by atoms with van der Waals surface area (Å²) in [5, 5.41) is 3.28. The van der Waals surface area contributed by atoms with Crippen molar-refractivity contribution >= 4 is 21.8 Å². The van der Waals surface area contributed by atoms with Gasteiger partial charge in [-0.1, -0.05) is 6.42 Å². The van der Waals surface area contributed by atoms with E-state index in [1.807, 2.05) is 12.3 Å². The average molecular weight is 323 g/mol. The fraction of sp³-hybridized carbons (Fsp3) is 0.667. The van der Waals surface area contributed by atoms with Crippen LogP contribution < -0.4 is 5.32 Å². The predicted molar refractivity (Wildman–Crippen MR) is 77.1 cm³/mol. The minimum absolute atomic E-state index is 0.121. The molecule has 1 heterocycles. The van der Waals surface area contributed by atoms with Crippen LogP contribution in [0.5, 0.6) is 0 Å². The Morgan fingerprint density at radius 1 is 1.26 bits per heavy atom. The van der Waals surface area contributed by atoms with E-state index in [4.69, 9.17) is 0 Å². The number of carbonyl (C=O) groups is 1. The summed E-state index contributed by atoms with van der Waals surface area (Å²) in [7, 11) is 0. The number of rotatable bonds is 3. The molecule has 1 aromatic heterocycles. The number of nitrogens with zero attached hydrogens (tertiary/aromatic N) is 1. The molecule has 3 saturated carbocycles. The molecule has 0 aliphatic heterocycles. The molecule has 3 fully saturated rings. The van der Waals surface area contributed by atoms with E-state index in [0.717, 1.165) is 22.0 Å². The van der Waals surface area contributed by atoms with Crippen molar-refractivity contribution in [3.63, 3.8) is 0 Å². The molecule has 0 radical (unpaired) electrons. The van der Waals surface area contributed by atoms with Crippen LogP contribution in [0, 0.1) is 11.8 Å². The van der Waals surface area contributed by atoms with Crippen LogP contribution in [0.4, 0.5) is 0 Å². The first-order valence-electron chi connectivity index (χ1n) is 7.39. The fourth-order valence-corrected chi connectivity index (χ4v) is 4.38. The summed E-state index contributed by atoms with van der Waals surface area (Å²) < 4.78 is 3.16. The molecule has 19 heavy (non-hydrogen) atoms. The molecule has 102 valence electrons. The van der Waals surface area contributed by atoms with Crippen LogP contribution in [0.1, 0.15) is 55.1 Å². The number of aromatic nitrogens is 1. The highest BCUT2D eigenvalue weighted by molar-refractivity contribution is 9.10. The Hall–Kier alpha value is -0.770. The van der Waals surface area contributed by atoms with Crippen LogP contribution >= 0.6 is 15.9 Å². The largest absolute Gasteiger partial charge is 0.348 e. The van der Waals surface area contributed by atoms with Crippen molar-refractivity contribution in [2.45, 2.75) is 50.6 Å². The molecule has 3 atom stereocenters. The zero-order valence-electron chi connectivity index (χ0n) is 10.9. The normalized spacial score (nSPS) is 32.8.